The fourth-order valence-corrected chi connectivity index (χ4v) is 2.33. The van der Waals surface area contributed by atoms with E-state index in [4.69, 9.17) is 0 Å². The molecule has 0 heterocycles. The highest BCUT2D eigenvalue weighted by Gasteiger charge is 2.25. The molecule has 0 spiro atoms. The number of hydrogen-bond donors (Lipinski definition) is 1. The van der Waals surface area contributed by atoms with Crippen molar-refractivity contribution in [1.82, 2.24) is 5.32 Å². The highest BCUT2D eigenvalue weighted by atomic mass is 14.9. The van der Waals surface area contributed by atoms with Gasteiger partial charge in [-0.3, -0.25) is 0 Å². The highest BCUT2D eigenvalue weighted by Crippen LogP contribution is 2.30. The van der Waals surface area contributed by atoms with E-state index >= 15 is 0 Å². The number of hydrogen-bond acceptors (Lipinski definition) is 1. The van der Waals surface area contributed by atoms with E-state index in [1.165, 1.54) is 25.7 Å². The Morgan fingerprint density at radius 2 is 1.60 bits per heavy atom. The SMILES string of the molecule is CC.CC.CCC1CC(C)CCC1NC. The molecule has 1 heteroatoms. The summed E-state index contributed by atoms with van der Waals surface area (Å²) in [7, 11) is 2.10. The van der Waals surface area contributed by atoms with Crippen LogP contribution in [0.4, 0.5) is 0 Å². The molecule has 1 rings (SSSR count). The van der Waals surface area contributed by atoms with E-state index in [9.17, 15) is 0 Å². The lowest BCUT2D eigenvalue weighted by Gasteiger charge is -2.34. The van der Waals surface area contributed by atoms with Crippen LogP contribution in [0.2, 0.25) is 0 Å². The Kier molecular flexibility index (Phi) is 13.9. The minimum absolute atomic E-state index is 0.802. The summed E-state index contributed by atoms with van der Waals surface area (Å²) in [6.45, 7) is 12.7. The van der Waals surface area contributed by atoms with Gasteiger partial charge in [0.2, 0.25) is 0 Å². The zero-order valence-corrected chi connectivity index (χ0v) is 12.1. The van der Waals surface area contributed by atoms with Gasteiger partial charge in [0, 0.05) is 6.04 Å². The Bertz CT molecular complexity index is 112. The van der Waals surface area contributed by atoms with Crippen LogP contribution < -0.4 is 5.32 Å². The quantitative estimate of drug-likeness (QED) is 0.716. The maximum atomic E-state index is 3.43. The van der Waals surface area contributed by atoms with Gasteiger partial charge in [-0.2, -0.15) is 0 Å². The average molecular weight is 215 g/mol. The van der Waals surface area contributed by atoms with E-state index in [2.05, 4.69) is 26.2 Å². The van der Waals surface area contributed by atoms with Gasteiger partial charge in [-0.25, -0.2) is 0 Å². The number of rotatable bonds is 2. The highest BCUT2D eigenvalue weighted by molar-refractivity contribution is 4.81. The molecule has 15 heavy (non-hydrogen) atoms. The molecule has 1 nitrogen and oxygen atoms in total. The predicted molar refractivity (Wildman–Crippen MR) is 72.3 cm³/mol. The summed E-state index contributed by atoms with van der Waals surface area (Å²) in [5.41, 5.74) is 0. The third kappa shape index (κ3) is 6.94. The zero-order valence-electron chi connectivity index (χ0n) is 12.1. The molecule has 0 aromatic carbocycles. The topological polar surface area (TPSA) is 12.0 Å². The summed E-state index contributed by atoms with van der Waals surface area (Å²) in [5.74, 6) is 1.90. The molecule has 3 atom stereocenters. The first kappa shape index (κ1) is 17.4. The Balaban J connectivity index is 0. The molecule has 0 aromatic rings. The fraction of sp³-hybridized carbons (Fsp3) is 1.00. The van der Waals surface area contributed by atoms with E-state index in [0.29, 0.717) is 0 Å². The zero-order chi connectivity index (χ0) is 12.3. The molecule has 3 unspecified atom stereocenters. The first-order valence-electron chi connectivity index (χ1n) is 6.95. The molecule has 0 aromatic heterocycles. The maximum Gasteiger partial charge on any atom is 0.00924 e. The van der Waals surface area contributed by atoms with Gasteiger partial charge in [0.05, 0.1) is 0 Å². The van der Waals surface area contributed by atoms with E-state index in [0.717, 1.165) is 17.9 Å². The lowest BCUT2D eigenvalue weighted by molar-refractivity contribution is 0.216. The van der Waals surface area contributed by atoms with Crippen molar-refractivity contribution < 1.29 is 0 Å². The van der Waals surface area contributed by atoms with Gasteiger partial charge in [0.15, 0.2) is 0 Å². The Hall–Kier alpha value is -0.0400. The second-order valence-corrected chi connectivity index (χ2v) is 3.98. The predicted octanol–water partition coefficient (Wildman–Crippen LogP) is 4.47. The molecule has 0 bridgehead atoms. The Morgan fingerprint density at radius 1 is 1.07 bits per heavy atom. The molecular formula is C14H33N. The van der Waals surface area contributed by atoms with Crippen LogP contribution in [-0.2, 0) is 0 Å². The van der Waals surface area contributed by atoms with Crippen molar-refractivity contribution in [3.8, 4) is 0 Å². The summed E-state index contributed by atoms with van der Waals surface area (Å²) in [6, 6.07) is 0.802. The van der Waals surface area contributed by atoms with Crippen LogP contribution in [0, 0.1) is 11.8 Å². The minimum atomic E-state index is 0.802. The molecule has 1 aliphatic rings. The first-order valence-corrected chi connectivity index (χ1v) is 6.95. The molecule has 1 aliphatic carbocycles. The van der Waals surface area contributed by atoms with Crippen molar-refractivity contribution in [2.24, 2.45) is 11.8 Å². The van der Waals surface area contributed by atoms with Crippen LogP contribution in [0.25, 0.3) is 0 Å². The van der Waals surface area contributed by atoms with Gasteiger partial charge in [-0.05, 0) is 38.1 Å². The summed E-state index contributed by atoms with van der Waals surface area (Å²) in [4.78, 5) is 0. The van der Waals surface area contributed by atoms with Crippen LogP contribution in [0.5, 0.6) is 0 Å². The molecule has 94 valence electrons. The molecule has 0 saturated heterocycles. The van der Waals surface area contributed by atoms with Crippen LogP contribution in [0.15, 0.2) is 0 Å². The Morgan fingerprint density at radius 3 is 2.00 bits per heavy atom. The van der Waals surface area contributed by atoms with Gasteiger partial charge < -0.3 is 5.32 Å². The van der Waals surface area contributed by atoms with Crippen molar-refractivity contribution in [1.29, 1.82) is 0 Å². The van der Waals surface area contributed by atoms with Crippen LogP contribution >= 0.6 is 0 Å². The smallest absolute Gasteiger partial charge is 0.00924 e. The molecule has 1 saturated carbocycles. The van der Waals surface area contributed by atoms with E-state index in [-0.39, 0.29) is 0 Å². The first-order chi connectivity index (χ1) is 7.27. The molecule has 1 fully saturated rings. The minimum Gasteiger partial charge on any atom is -0.317 e. The summed E-state index contributed by atoms with van der Waals surface area (Å²) < 4.78 is 0. The molecular weight excluding hydrogens is 182 g/mol. The van der Waals surface area contributed by atoms with Crippen molar-refractivity contribution >= 4 is 0 Å². The summed E-state index contributed by atoms with van der Waals surface area (Å²) >= 11 is 0. The standard InChI is InChI=1S/C10H21N.2C2H6/c1-4-9-7-8(2)5-6-10(9)11-3;2*1-2/h8-11H,4-7H2,1-3H3;2*1-2H3. The van der Waals surface area contributed by atoms with Crippen LogP contribution in [0.3, 0.4) is 0 Å². The van der Waals surface area contributed by atoms with Crippen molar-refractivity contribution in [2.45, 2.75) is 73.3 Å². The molecule has 0 aliphatic heterocycles. The van der Waals surface area contributed by atoms with Crippen molar-refractivity contribution in [3.63, 3.8) is 0 Å². The Labute approximate surface area is 98.0 Å². The lowest BCUT2D eigenvalue weighted by Crippen LogP contribution is -2.37. The monoisotopic (exact) mass is 215 g/mol. The van der Waals surface area contributed by atoms with Gasteiger partial charge in [0.1, 0.15) is 0 Å². The molecule has 0 radical (unpaired) electrons. The molecule has 0 amide bonds. The largest absolute Gasteiger partial charge is 0.317 e. The van der Waals surface area contributed by atoms with E-state index < -0.39 is 0 Å². The van der Waals surface area contributed by atoms with E-state index in [1.807, 2.05) is 27.7 Å². The van der Waals surface area contributed by atoms with Crippen molar-refractivity contribution in [2.75, 3.05) is 7.05 Å². The second-order valence-electron chi connectivity index (χ2n) is 3.98. The normalized spacial score (nSPS) is 29.4. The van der Waals surface area contributed by atoms with E-state index in [1.54, 1.807) is 0 Å². The van der Waals surface area contributed by atoms with Crippen molar-refractivity contribution in [3.05, 3.63) is 0 Å². The van der Waals surface area contributed by atoms with Crippen LogP contribution in [0.1, 0.15) is 67.2 Å². The summed E-state index contributed by atoms with van der Waals surface area (Å²) in [5, 5.41) is 3.43. The van der Waals surface area contributed by atoms with Gasteiger partial charge >= 0.3 is 0 Å². The third-order valence-corrected chi connectivity index (χ3v) is 3.14. The average Bonchev–Trinajstić information content (AvgIpc) is 2.34. The fourth-order valence-electron chi connectivity index (χ4n) is 2.33. The van der Waals surface area contributed by atoms with Crippen LogP contribution in [-0.4, -0.2) is 13.1 Å². The summed E-state index contributed by atoms with van der Waals surface area (Å²) in [6.07, 6.45) is 5.58. The molecule has 1 N–H and O–H groups in total. The van der Waals surface area contributed by atoms with Gasteiger partial charge in [-0.15, -0.1) is 0 Å². The second kappa shape index (κ2) is 12.0. The van der Waals surface area contributed by atoms with Gasteiger partial charge in [-0.1, -0.05) is 48.0 Å². The van der Waals surface area contributed by atoms with Gasteiger partial charge in [0.25, 0.3) is 0 Å². The lowest BCUT2D eigenvalue weighted by atomic mass is 9.78. The maximum absolute atomic E-state index is 3.43. The third-order valence-electron chi connectivity index (χ3n) is 3.14. The number of nitrogens with one attached hydrogen (secondary N) is 1.